The predicted molar refractivity (Wildman–Crippen MR) is 40.5 cm³/mol. The van der Waals surface area contributed by atoms with Gasteiger partial charge in [-0.25, -0.2) is 0 Å². The van der Waals surface area contributed by atoms with E-state index in [9.17, 15) is 8.42 Å². The molecule has 0 unspecified atom stereocenters. The van der Waals surface area contributed by atoms with Crippen LogP contribution in [0.2, 0.25) is 0 Å². The van der Waals surface area contributed by atoms with E-state index < -0.39 is 10.1 Å². The van der Waals surface area contributed by atoms with Crippen LogP contribution in [0.1, 0.15) is 6.42 Å². The maximum Gasteiger partial charge on any atom is 0.264 e. The molecule has 0 aliphatic heterocycles. The van der Waals surface area contributed by atoms with Gasteiger partial charge in [0.05, 0.1) is 12.9 Å². The van der Waals surface area contributed by atoms with E-state index in [0.29, 0.717) is 12.2 Å². The third kappa shape index (κ3) is 8.22. The van der Waals surface area contributed by atoms with Crippen LogP contribution in [0.15, 0.2) is 0 Å². The van der Waals surface area contributed by atoms with E-state index in [1.807, 2.05) is 0 Å². The van der Waals surface area contributed by atoms with Gasteiger partial charge in [-0.15, -0.1) is 0 Å². The monoisotopic (exact) mass is 186 g/mol. The van der Waals surface area contributed by atoms with Gasteiger partial charge in [-0.3, -0.25) is 4.55 Å². The van der Waals surface area contributed by atoms with Crippen molar-refractivity contribution in [3.63, 3.8) is 0 Å². The molecule has 0 spiro atoms. The average Bonchev–Trinajstić information content (AvgIpc) is 1.78. The number of rotatable bonds is 5. The molecule has 0 fully saturated rings. The molecule has 0 aromatic rings. The van der Waals surface area contributed by atoms with Gasteiger partial charge in [-0.1, -0.05) is 0 Å². The molecule has 0 rings (SSSR count). The highest BCUT2D eigenvalue weighted by atomic mass is 32.2. The second-order valence-corrected chi connectivity index (χ2v) is 4.18. The van der Waals surface area contributed by atoms with Gasteiger partial charge in [0.1, 0.15) is 0 Å². The number of hydrogen-bond donors (Lipinski definition) is 1. The third-order valence-corrected chi connectivity index (χ3v) is 2.24. The second-order valence-electron chi connectivity index (χ2n) is 1.63. The summed E-state index contributed by atoms with van der Waals surface area (Å²) in [7, 11) is -2.26. The summed E-state index contributed by atoms with van der Waals surface area (Å²) < 4.78 is 33.0. The first-order valence-electron chi connectivity index (χ1n) is 2.67. The molecule has 0 heterocycles. The Hall–Kier alpha value is 0.220. The van der Waals surface area contributed by atoms with Gasteiger partial charge in [0, 0.05) is 5.75 Å². The van der Waals surface area contributed by atoms with Crippen LogP contribution in [-0.2, 0) is 14.3 Å². The van der Waals surface area contributed by atoms with Gasteiger partial charge >= 0.3 is 0 Å². The molecule has 0 aliphatic rings. The largest absolute Gasteiger partial charge is 0.319 e. The lowest BCUT2D eigenvalue weighted by molar-refractivity contribution is 0.480. The fraction of sp³-hybridized carbons (Fsp3) is 1.00. The molecule has 0 bridgehead atoms. The van der Waals surface area contributed by atoms with Crippen molar-refractivity contribution in [2.75, 3.05) is 18.6 Å². The lowest BCUT2D eigenvalue weighted by Gasteiger charge is -1.95. The summed E-state index contributed by atoms with van der Waals surface area (Å²) in [5.74, 6) is 0.389. The van der Waals surface area contributed by atoms with E-state index in [2.05, 4.69) is 4.18 Å². The van der Waals surface area contributed by atoms with Gasteiger partial charge in [-0.2, -0.15) is 8.42 Å². The summed E-state index contributed by atoms with van der Waals surface area (Å²) in [4.78, 5) is 0. The standard InChI is InChI=1S/C4H10O4S2/c1-8-9-3-2-4-10(5,6)7/h2-4H2,1H3,(H,5,6,7). The van der Waals surface area contributed by atoms with E-state index in [-0.39, 0.29) is 5.75 Å². The molecule has 0 radical (unpaired) electrons. The minimum atomic E-state index is -3.77. The maximum absolute atomic E-state index is 10.1. The number of hydrogen-bond acceptors (Lipinski definition) is 4. The molecule has 0 atom stereocenters. The molecular weight excluding hydrogens is 176 g/mol. The molecule has 0 aromatic carbocycles. The van der Waals surface area contributed by atoms with Crippen molar-refractivity contribution in [1.82, 2.24) is 0 Å². The van der Waals surface area contributed by atoms with E-state index in [4.69, 9.17) is 4.55 Å². The van der Waals surface area contributed by atoms with Gasteiger partial charge < -0.3 is 4.18 Å². The molecule has 0 saturated carbocycles. The summed E-state index contributed by atoms with van der Waals surface area (Å²) in [6, 6.07) is 0. The van der Waals surface area contributed by atoms with Crippen molar-refractivity contribution >= 4 is 22.2 Å². The lowest BCUT2D eigenvalue weighted by Crippen LogP contribution is -2.04. The summed E-state index contributed by atoms with van der Waals surface area (Å²) in [5, 5.41) is 0. The molecule has 0 amide bonds. The Balaban J connectivity index is 3.21. The SMILES string of the molecule is COSCCCS(=O)(=O)O. The smallest absolute Gasteiger partial charge is 0.264 e. The highest BCUT2D eigenvalue weighted by molar-refractivity contribution is 7.94. The molecular formula is C4H10O4S2. The predicted octanol–water partition coefficient (Wildman–Crippen LogP) is 0.559. The fourth-order valence-corrected chi connectivity index (χ4v) is 1.50. The highest BCUT2D eigenvalue weighted by Crippen LogP contribution is 2.02. The van der Waals surface area contributed by atoms with Crippen LogP contribution in [-0.4, -0.2) is 31.6 Å². The van der Waals surface area contributed by atoms with E-state index in [0.717, 1.165) is 0 Å². The molecule has 0 aliphatic carbocycles. The van der Waals surface area contributed by atoms with E-state index >= 15 is 0 Å². The quantitative estimate of drug-likeness (QED) is 0.386. The van der Waals surface area contributed by atoms with E-state index in [1.54, 1.807) is 0 Å². The third-order valence-electron chi connectivity index (χ3n) is 0.748. The van der Waals surface area contributed by atoms with Gasteiger partial charge in [0.25, 0.3) is 10.1 Å². The molecule has 1 N–H and O–H groups in total. The topological polar surface area (TPSA) is 63.6 Å². The maximum atomic E-state index is 10.1. The Labute approximate surface area is 64.9 Å². The minimum Gasteiger partial charge on any atom is -0.319 e. The molecule has 62 valence electrons. The Morgan fingerprint density at radius 2 is 2.20 bits per heavy atom. The van der Waals surface area contributed by atoms with Gasteiger partial charge in [0.2, 0.25) is 0 Å². The first-order valence-corrected chi connectivity index (χ1v) is 5.19. The van der Waals surface area contributed by atoms with E-state index in [1.165, 1.54) is 19.2 Å². The van der Waals surface area contributed by atoms with Crippen LogP contribution in [0.4, 0.5) is 0 Å². The summed E-state index contributed by atoms with van der Waals surface area (Å²) in [5.41, 5.74) is 0. The Morgan fingerprint density at radius 1 is 1.60 bits per heavy atom. The van der Waals surface area contributed by atoms with Crippen LogP contribution >= 0.6 is 12.0 Å². The van der Waals surface area contributed by atoms with Crippen molar-refractivity contribution in [3.05, 3.63) is 0 Å². The van der Waals surface area contributed by atoms with Crippen molar-refractivity contribution in [3.8, 4) is 0 Å². The Kier molecular flexibility index (Phi) is 5.06. The summed E-state index contributed by atoms with van der Waals surface area (Å²) >= 11 is 1.17. The van der Waals surface area contributed by atoms with Crippen molar-refractivity contribution < 1.29 is 17.2 Å². The molecule has 6 heteroatoms. The Morgan fingerprint density at radius 3 is 2.60 bits per heavy atom. The summed E-state index contributed by atoms with van der Waals surface area (Å²) in [6.07, 6.45) is 0.414. The average molecular weight is 186 g/mol. The van der Waals surface area contributed by atoms with Gasteiger partial charge in [0.15, 0.2) is 0 Å². The van der Waals surface area contributed by atoms with Crippen LogP contribution in [0, 0.1) is 0 Å². The van der Waals surface area contributed by atoms with Crippen molar-refractivity contribution in [2.24, 2.45) is 0 Å². The highest BCUT2D eigenvalue weighted by Gasteiger charge is 2.02. The lowest BCUT2D eigenvalue weighted by atomic mass is 10.6. The van der Waals surface area contributed by atoms with Crippen LogP contribution in [0.5, 0.6) is 0 Å². The zero-order valence-corrected chi connectivity index (χ0v) is 7.24. The zero-order valence-electron chi connectivity index (χ0n) is 5.61. The fourth-order valence-electron chi connectivity index (χ4n) is 0.384. The Bertz CT molecular complexity index is 162. The zero-order chi connectivity index (χ0) is 8.04. The van der Waals surface area contributed by atoms with Crippen LogP contribution in [0.25, 0.3) is 0 Å². The first-order chi connectivity index (χ1) is 4.56. The van der Waals surface area contributed by atoms with Crippen LogP contribution < -0.4 is 0 Å². The second kappa shape index (κ2) is 4.95. The minimum absolute atomic E-state index is 0.191. The van der Waals surface area contributed by atoms with Crippen molar-refractivity contribution in [2.45, 2.75) is 6.42 Å². The first kappa shape index (κ1) is 10.2. The molecule has 10 heavy (non-hydrogen) atoms. The normalized spacial score (nSPS) is 11.8. The molecule has 0 saturated heterocycles. The van der Waals surface area contributed by atoms with Crippen molar-refractivity contribution in [1.29, 1.82) is 0 Å². The van der Waals surface area contributed by atoms with Gasteiger partial charge in [-0.05, 0) is 18.5 Å². The molecule has 4 nitrogen and oxygen atoms in total. The summed E-state index contributed by atoms with van der Waals surface area (Å²) in [6.45, 7) is 0. The van der Waals surface area contributed by atoms with Crippen LogP contribution in [0.3, 0.4) is 0 Å². The molecule has 0 aromatic heterocycles.